The van der Waals surface area contributed by atoms with Crippen molar-refractivity contribution in [3.05, 3.63) is 33.8 Å². The van der Waals surface area contributed by atoms with Crippen molar-refractivity contribution >= 4 is 23.2 Å². The Labute approximate surface area is 132 Å². The van der Waals surface area contributed by atoms with Gasteiger partial charge in [-0.3, -0.25) is 0 Å². The van der Waals surface area contributed by atoms with Crippen molar-refractivity contribution in [2.75, 3.05) is 26.2 Å². The maximum absolute atomic E-state index is 6.23. The second kappa shape index (κ2) is 7.65. The molecule has 0 aliphatic carbocycles. The van der Waals surface area contributed by atoms with Gasteiger partial charge in [0.15, 0.2) is 0 Å². The summed E-state index contributed by atoms with van der Waals surface area (Å²) < 4.78 is 0. The fourth-order valence-electron chi connectivity index (χ4n) is 2.83. The normalized spacial score (nSPS) is 20.6. The van der Waals surface area contributed by atoms with Crippen molar-refractivity contribution in [1.82, 2.24) is 10.2 Å². The summed E-state index contributed by atoms with van der Waals surface area (Å²) >= 11 is 12.2. The number of rotatable bonds is 5. The van der Waals surface area contributed by atoms with Crippen LogP contribution in [0, 0.1) is 5.92 Å². The predicted molar refractivity (Wildman–Crippen MR) is 87.9 cm³/mol. The number of hydrogen-bond donors (Lipinski definition) is 1. The van der Waals surface area contributed by atoms with Gasteiger partial charge in [0.2, 0.25) is 0 Å². The van der Waals surface area contributed by atoms with Crippen LogP contribution in [0.15, 0.2) is 18.2 Å². The van der Waals surface area contributed by atoms with Crippen molar-refractivity contribution in [3.8, 4) is 0 Å². The molecule has 0 spiro atoms. The lowest BCUT2D eigenvalue weighted by atomic mass is 10.0. The summed E-state index contributed by atoms with van der Waals surface area (Å²) in [5, 5.41) is 5.10. The molecule has 4 heteroatoms. The highest BCUT2D eigenvalue weighted by molar-refractivity contribution is 6.35. The van der Waals surface area contributed by atoms with Gasteiger partial charge in [-0.2, -0.15) is 0 Å². The lowest BCUT2D eigenvalue weighted by molar-refractivity contribution is 0.188. The summed E-state index contributed by atoms with van der Waals surface area (Å²) in [7, 11) is 0. The molecule has 0 aromatic heterocycles. The minimum absolute atomic E-state index is 0.629. The number of benzene rings is 1. The van der Waals surface area contributed by atoms with E-state index in [0.29, 0.717) is 11.1 Å². The van der Waals surface area contributed by atoms with Gasteiger partial charge in [0.25, 0.3) is 0 Å². The second-order valence-corrected chi connectivity index (χ2v) is 6.91. The third kappa shape index (κ3) is 4.92. The molecular formula is C16H24Cl2N2. The van der Waals surface area contributed by atoms with Gasteiger partial charge in [-0.1, -0.05) is 43.1 Å². The molecule has 0 radical (unpaired) electrons. The van der Waals surface area contributed by atoms with E-state index in [4.69, 9.17) is 23.2 Å². The number of hydrogen-bond acceptors (Lipinski definition) is 2. The molecule has 1 atom stereocenters. The molecule has 0 bridgehead atoms. The third-order valence-electron chi connectivity index (χ3n) is 3.81. The van der Waals surface area contributed by atoms with E-state index in [2.05, 4.69) is 24.1 Å². The van der Waals surface area contributed by atoms with Gasteiger partial charge in [0.1, 0.15) is 0 Å². The first kappa shape index (κ1) is 16.1. The van der Waals surface area contributed by atoms with Gasteiger partial charge < -0.3 is 10.2 Å². The topological polar surface area (TPSA) is 15.3 Å². The highest BCUT2D eigenvalue weighted by atomic mass is 35.5. The van der Waals surface area contributed by atoms with E-state index in [1.54, 1.807) is 0 Å². The van der Waals surface area contributed by atoms with Crippen LogP contribution >= 0.6 is 23.2 Å². The zero-order valence-electron chi connectivity index (χ0n) is 12.3. The fraction of sp³-hybridized carbons (Fsp3) is 0.625. The zero-order valence-corrected chi connectivity index (χ0v) is 13.8. The number of nitrogens with zero attached hydrogens (tertiary/aromatic N) is 1. The SMILES string of the molecule is CC(C)CC1CN(CCc2ccc(Cl)cc2Cl)CCN1. The molecule has 1 heterocycles. The van der Waals surface area contributed by atoms with Crippen LogP contribution in [0.3, 0.4) is 0 Å². The summed E-state index contributed by atoms with van der Waals surface area (Å²) in [5.74, 6) is 0.748. The average Bonchev–Trinajstić information content (AvgIpc) is 2.37. The first-order chi connectivity index (χ1) is 9.54. The number of halogens is 2. The van der Waals surface area contributed by atoms with Crippen LogP contribution in [0.1, 0.15) is 25.8 Å². The Morgan fingerprint density at radius 1 is 1.35 bits per heavy atom. The van der Waals surface area contributed by atoms with E-state index < -0.39 is 0 Å². The molecule has 20 heavy (non-hydrogen) atoms. The summed E-state index contributed by atoms with van der Waals surface area (Å²) in [6.07, 6.45) is 2.24. The van der Waals surface area contributed by atoms with Crippen LogP contribution in [0.4, 0.5) is 0 Å². The Kier molecular flexibility index (Phi) is 6.16. The molecule has 1 aromatic rings. The van der Waals surface area contributed by atoms with Gasteiger partial charge in [0, 0.05) is 42.3 Å². The van der Waals surface area contributed by atoms with E-state index in [1.807, 2.05) is 18.2 Å². The molecule has 0 amide bonds. The summed E-state index contributed by atoms with van der Waals surface area (Å²) in [5.41, 5.74) is 1.19. The molecular weight excluding hydrogens is 291 g/mol. The Bertz CT molecular complexity index is 434. The van der Waals surface area contributed by atoms with E-state index in [0.717, 1.165) is 43.5 Å². The lowest BCUT2D eigenvalue weighted by Crippen LogP contribution is -2.51. The van der Waals surface area contributed by atoms with Crippen molar-refractivity contribution in [1.29, 1.82) is 0 Å². The quantitative estimate of drug-likeness (QED) is 0.888. The van der Waals surface area contributed by atoms with Crippen molar-refractivity contribution in [2.24, 2.45) is 5.92 Å². The number of nitrogens with one attached hydrogen (secondary N) is 1. The van der Waals surface area contributed by atoms with Crippen molar-refractivity contribution < 1.29 is 0 Å². The fourth-order valence-corrected chi connectivity index (χ4v) is 3.33. The van der Waals surface area contributed by atoms with E-state index >= 15 is 0 Å². The molecule has 1 saturated heterocycles. The maximum atomic E-state index is 6.23. The molecule has 1 aromatic carbocycles. The number of piperazine rings is 1. The Morgan fingerprint density at radius 2 is 2.15 bits per heavy atom. The first-order valence-electron chi connectivity index (χ1n) is 7.44. The van der Waals surface area contributed by atoms with Gasteiger partial charge in [-0.25, -0.2) is 0 Å². The molecule has 2 rings (SSSR count). The van der Waals surface area contributed by atoms with Crippen molar-refractivity contribution in [3.63, 3.8) is 0 Å². The molecule has 2 nitrogen and oxygen atoms in total. The maximum Gasteiger partial charge on any atom is 0.0453 e. The molecule has 1 fully saturated rings. The van der Waals surface area contributed by atoms with Crippen LogP contribution in [0.2, 0.25) is 10.0 Å². The molecule has 1 aliphatic heterocycles. The van der Waals surface area contributed by atoms with Gasteiger partial charge in [-0.15, -0.1) is 0 Å². The monoisotopic (exact) mass is 314 g/mol. The molecule has 112 valence electrons. The van der Waals surface area contributed by atoms with Gasteiger partial charge >= 0.3 is 0 Å². The summed E-state index contributed by atoms with van der Waals surface area (Å²) in [4.78, 5) is 2.54. The smallest absolute Gasteiger partial charge is 0.0453 e. The highest BCUT2D eigenvalue weighted by Crippen LogP contribution is 2.21. The van der Waals surface area contributed by atoms with E-state index in [-0.39, 0.29) is 0 Å². The van der Waals surface area contributed by atoms with E-state index in [9.17, 15) is 0 Å². The predicted octanol–water partition coefficient (Wildman–Crippen LogP) is 3.86. The Hall–Kier alpha value is -0.280. The Balaban J connectivity index is 1.84. The van der Waals surface area contributed by atoms with Gasteiger partial charge in [0.05, 0.1) is 0 Å². The molecule has 1 N–H and O–H groups in total. The minimum Gasteiger partial charge on any atom is -0.311 e. The highest BCUT2D eigenvalue weighted by Gasteiger charge is 2.19. The second-order valence-electron chi connectivity index (χ2n) is 6.07. The molecule has 1 unspecified atom stereocenters. The van der Waals surface area contributed by atoms with Crippen LogP contribution in [0.25, 0.3) is 0 Å². The first-order valence-corrected chi connectivity index (χ1v) is 8.20. The third-order valence-corrected chi connectivity index (χ3v) is 4.39. The molecule has 0 saturated carbocycles. The van der Waals surface area contributed by atoms with Crippen molar-refractivity contribution in [2.45, 2.75) is 32.7 Å². The van der Waals surface area contributed by atoms with Crippen LogP contribution < -0.4 is 5.32 Å². The Morgan fingerprint density at radius 3 is 2.85 bits per heavy atom. The molecule has 1 aliphatic rings. The summed E-state index contributed by atoms with van der Waals surface area (Å²) in [6.45, 7) is 8.99. The average molecular weight is 315 g/mol. The van der Waals surface area contributed by atoms with Crippen LogP contribution in [-0.2, 0) is 6.42 Å². The minimum atomic E-state index is 0.629. The largest absolute Gasteiger partial charge is 0.311 e. The van der Waals surface area contributed by atoms with Crippen LogP contribution in [0.5, 0.6) is 0 Å². The zero-order chi connectivity index (χ0) is 14.5. The standard InChI is InChI=1S/C16H24Cl2N2/c1-12(2)9-15-11-20(8-6-19-15)7-5-13-3-4-14(17)10-16(13)18/h3-4,10,12,15,19H,5-9,11H2,1-2H3. The summed E-state index contributed by atoms with van der Waals surface area (Å²) in [6, 6.07) is 6.42. The van der Waals surface area contributed by atoms with E-state index in [1.165, 1.54) is 12.0 Å². The van der Waals surface area contributed by atoms with Gasteiger partial charge in [-0.05, 0) is 36.5 Å². The lowest BCUT2D eigenvalue weighted by Gasteiger charge is -2.34. The van der Waals surface area contributed by atoms with Crippen LogP contribution in [-0.4, -0.2) is 37.1 Å².